The smallest absolute Gasteiger partial charge is 0.237 e. The summed E-state index contributed by atoms with van der Waals surface area (Å²) in [6.07, 6.45) is 5.94. The Morgan fingerprint density at radius 2 is 1.78 bits per heavy atom. The van der Waals surface area contributed by atoms with Crippen LogP contribution in [0.5, 0.6) is 5.75 Å². The Morgan fingerprint density at radius 1 is 1.06 bits per heavy atom. The third-order valence-electron chi connectivity index (χ3n) is 5.96. The van der Waals surface area contributed by atoms with E-state index in [4.69, 9.17) is 4.74 Å². The van der Waals surface area contributed by atoms with Gasteiger partial charge in [0.15, 0.2) is 11.0 Å². The number of ether oxygens (including phenoxy) is 1. The van der Waals surface area contributed by atoms with Crippen LogP contribution < -0.4 is 9.64 Å². The summed E-state index contributed by atoms with van der Waals surface area (Å²) in [6.45, 7) is 2.64. The van der Waals surface area contributed by atoms with Crippen LogP contribution in [0.1, 0.15) is 45.1 Å². The summed E-state index contributed by atoms with van der Waals surface area (Å²) < 4.78 is 7.56. The van der Waals surface area contributed by atoms with E-state index in [2.05, 4.69) is 14.8 Å². The van der Waals surface area contributed by atoms with E-state index < -0.39 is 0 Å². The minimum atomic E-state index is 0.0768. The lowest BCUT2D eigenvalue weighted by molar-refractivity contribution is -0.116. The summed E-state index contributed by atoms with van der Waals surface area (Å²) >= 11 is 1.48. The summed E-state index contributed by atoms with van der Waals surface area (Å²) in [5, 5.41) is 9.88. The second-order valence-corrected chi connectivity index (χ2v) is 8.90. The van der Waals surface area contributed by atoms with Crippen molar-refractivity contribution in [1.29, 1.82) is 0 Å². The lowest BCUT2D eigenvalue weighted by atomic mass is 9.95. The van der Waals surface area contributed by atoms with Gasteiger partial charge in [-0.1, -0.05) is 49.2 Å². The van der Waals surface area contributed by atoms with Crippen molar-refractivity contribution in [1.82, 2.24) is 14.8 Å². The van der Waals surface area contributed by atoms with Gasteiger partial charge in [-0.2, -0.15) is 0 Å². The summed E-state index contributed by atoms with van der Waals surface area (Å²) in [6, 6.07) is 18.1. The molecule has 4 rings (SSSR count). The van der Waals surface area contributed by atoms with Gasteiger partial charge in [-0.05, 0) is 56.2 Å². The Balaban J connectivity index is 1.57. The molecular formula is C25H30N4O2S. The first-order valence-corrected chi connectivity index (χ1v) is 12.3. The molecule has 0 N–H and O–H groups in total. The molecule has 1 aliphatic carbocycles. The van der Waals surface area contributed by atoms with Crippen molar-refractivity contribution in [3.05, 3.63) is 54.6 Å². The summed E-state index contributed by atoms with van der Waals surface area (Å²) in [7, 11) is 1.67. The molecule has 1 fully saturated rings. The maximum absolute atomic E-state index is 13.0. The number of aromatic nitrogens is 3. The standard InChI is InChI=1S/C25H30N4O2S/c1-3-28(20-10-6-4-7-11-20)23(30)18-32-25-27-26-24(19-14-16-22(31-2)17-15-19)29(25)21-12-8-5-9-13-21/h4,6-7,10-11,14-17,21H,3,5,8-9,12-13,18H2,1-2H3. The number of methoxy groups -OCH3 is 1. The van der Waals surface area contributed by atoms with Crippen LogP contribution in [0.3, 0.4) is 0 Å². The van der Waals surface area contributed by atoms with Gasteiger partial charge in [-0.3, -0.25) is 9.36 Å². The highest BCUT2D eigenvalue weighted by Crippen LogP contribution is 2.36. The van der Waals surface area contributed by atoms with Crippen LogP contribution in [-0.4, -0.2) is 40.1 Å². The quantitative estimate of drug-likeness (QED) is 0.418. The van der Waals surface area contributed by atoms with Crippen LogP contribution in [0.4, 0.5) is 5.69 Å². The molecule has 0 unspecified atom stereocenters. The molecule has 0 bridgehead atoms. The van der Waals surface area contributed by atoms with Crippen molar-refractivity contribution in [3.63, 3.8) is 0 Å². The fourth-order valence-electron chi connectivity index (χ4n) is 4.30. The van der Waals surface area contributed by atoms with Gasteiger partial charge in [-0.25, -0.2) is 0 Å². The van der Waals surface area contributed by atoms with Crippen LogP contribution in [0, 0.1) is 0 Å². The number of carbonyl (C=O) groups excluding carboxylic acids is 1. The maximum Gasteiger partial charge on any atom is 0.237 e. The normalized spacial score (nSPS) is 14.3. The van der Waals surface area contributed by atoms with Crippen molar-refractivity contribution < 1.29 is 9.53 Å². The zero-order valence-electron chi connectivity index (χ0n) is 18.7. The topological polar surface area (TPSA) is 60.3 Å². The number of hydrogen-bond acceptors (Lipinski definition) is 5. The predicted octanol–water partition coefficient (Wildman–Crippen LogP) is 5.60. The number of nitrogens with zero attached hydrogens (tertiary/aromatic N) is 4. The molecule has 32 heavy (non-hydrogen) atoms. The third kappa shape index (κ3) is 4.99. The maximum atomic E-state index is 13.0. The lowest BCUT2D eigenvalue weighted by Crippen LogP contribution is -2.32. The number of para-hydroxylation sites is 1. The number of hydrogen-bond donors (Lipinski definition) is 0. The Kier molecular flexibility index (Phi) is 7.47. The van der Waals surface area contributed by atoms with Gasteiger partial charge < -0.3 is 9.64 Å². The second kappa shape index (κ2) is 10.7. The molecule has 1 aromatic heterocycles. The molecule has 0 radical (unpaired) electrons. The molecule has 6 nitrogen and oxygen atoms in total. The highest BCUT2D eigenvalue weighted by molar-refractivity contribution is 7.99. The average Bonchev–Trinajstić information content (AvgIpc) is 3.28. The average molecular weight is 451 g/mol. The SMILES string of the molecule is CCN(C(=O)CSc1nnc(-c2ccc(OC)cc2)n1C1CCCCC1)c1ccccc1. The number of rotatable bonds is 8. The number of amides is 1. The van der Waals surface area contributed by atoms with Crippen molar-refractivity contribution >= 4 is 23.4 Å². The zero-order valence-corrected chi connectivity index (χ0v) is 19.6. The van der Waals surface area contributed by atoms with Crippen LogP contribution in [-0.2, 0) is 4.79 Å². The number of carbonyl (C=O) groups is 1. The Labute approximate surface area is 194 Å². The highest BCUT2D eigenvalue weighted by Gasteiger charge is 2.25. The molecule has 1 saturated carbocycles. The van der Waals surface area contributed by atoms with Gasteiger partial charge in [-0.15, -0.1) is 10.2 Å². The fraction of sp³-hybridized carbons (Fsp3) is 0.400. The molecule has 0 atom stereocenters. The lowest BCUT2D eigenvalue weighted by Gasteiger charge is -2.26. The second-order valence-electron chi connectivity index (χ2n) is 7.96. The summed E-state index contributed by atoms with van der Waals surface area (Å²) in [5.74, 6) is 2.09. The van der Waals surface area contributed by atoms with E-state index >= 15 is 0 Å². The molecule has 0 aliphatic heterocycles. The van der Waals surface area contributed by atoms with E-state index in [1.165, 1.54) is 31.0 Å². The summed E-state index contributed by atoms with van der Waals surface area (Å²) in [4.78, 5) is 14.8. The third-order valence-corrected chi connectivity index (χ3v) is 6.89. The van der Waals surface area contributed by atoms with E-state index in [1.807, 2.05) is 66.4 Å². The van der Waals surface area contributed by atoms with E-state index in [9.17, 15) is 4.79 Å². The predicted molar refractivity (Wildman–Crippen MR) is 129 cm³/mol. The summed E-state index contributed by atoms with van der Waals surface area (Å²) in [5.41, 5.74) is 1.94. The first kappa shape index (κ1) is 22.4. The van der Waals surface area contributed by atoms with E-state index in [0.29, 0.717) is 18.3 Å². The fourth-order valence-corrected chi connectivity index (χ4v) is 5.18. The Morgan fingerprint density at radius 3 is 2.44 bits per heavy atom. The molecule has 1 amide bonds. The Bertz CT molecular complexity index is 1010. The molecule has 0 spiro atoms. The van der Waals surface area contributed by atoms with E-state index in [0.717, 1.165) is 40.8 Å². The zero-order chi connectivity index (χ0) is 22.3. The van der Waals surface area contributed by atoms with Crippen LogP contribution in [0.25, 0.3) is 11.4 Å². The molecule has 2 aromatic carbocycles. The Hall–Kier alpha value is -2.80. The van der Waals surface area contributed by atoms with Gasteiger partial charge in [0.1, 0.15) is 5.75 Å². The van der Waals surface area contributed by atoms with E-state index in [1.54, 1.807) is 7.11 Å². The van der Waals surface area contributed by atoms with Gasteiger partial charge in [0, 0.05) is 23.8 Å². The van der Waals surface area contributed by atoms with Gasteiger partial charge in [0.25, 0.3) is 0 Å². The van der Waals surface area contributed by atoms with E-state index in [-0.39, 0.29) is 5.91 Å². The molecule has 168 valence electrons. The first-order chi connectivity index (χ1) is 15.7. The minimum Gasteiger partial charge on any atom is -0.497 e. The van der Waals surface area contributed by atoms with Crippen molar-refractivity contribution in [2.45, 2.75) is 50.2 Å². The monoisotopic (exact) mass is 450 g/mol. The first-order valence-electron chi connectivity index (χ1n) is 11.3. The molecule has 3 aromatic rings. The molecule has 1 aliphatic rings. The molecule has 1 heterocycles. The molecular weight excluding hydrogens is 420 g/mol. The van der Waals surface area contributed by atoms with Gasteiger partial charge in [0.2, 0.25) is 5.91 Å². The number of anilines is 1. The van der Waals surface area contributed by atoms with Crippen molar-refractivity contribution in [3.8, 4) is 17.1 Å². The van der Waals surface area contributed by atoms with Crippen LogP contribution in [0.2, 0.25) is 0 Å². The van der Waals surface area contributed by atoms with Crippen LogP contribution >= 0.6 is 11.8 Å². The number of thioether (sulfide) groups is 1. The largest absolute Gasteiger partial charge is 0.497 e. The van der Waals surface area contributed by atoms with Crippen molar-refractivity contribution in [2.24, 2.45) is 0 Å². The number of benzene rings is 2. The highest BCUT2D eigenvalue weighted by atomic mass is 32.2. The minimum absolute atomic E-state index is 0.0768. The molecule has 7 heteroatoms. The molecule has 0 saturated heterocycles. The van der Waals surface area contributed by atoms with Crippen LogP contribution in [0.15, 0.2) is 59.8 Å². The van der Waals surface area contributed by atoms with Gasteiger partial charge in [0.05, 0.1) is 12.9 Å². The van der Waals surface area contributed by atoms with Crippen molar-refractivity contribution in [2.75, 3.05) is 24.3 Å². The van der Waals surface area contributed by atoms with Gasteiger partial charge >= 0.3 is 0 Å².